The lowest BCUT2D eigenvalue weighted by atomic mass is 10.1. The lowest BCUT2D eigenvalue weighted by molar-refractivity contribution is 0.211. The van der Waals surface area contributed by atoms with Gasteiger partial charge in [-0.25, -0.2) is 21.9 Å². The third kappa shape index (κ3) is 3.69. The summed E-state index contributed by atoms with van der Waals surface area (Å²) in [5, 5.41) is 0. The summed E-state index contributed by atoms with van der Waals surface area (Å²) in [6.07, 6.45) is 1.49. The number of rotatable bonds is 4. The summed E-state index contributed by atoms with van der Waals surface area (Å²) in [7, 11) is -4.25. The first-order valence-electron chi connectivity index (χ1n) is 6.82. The van der Waals surface area contributed by atoms with Crippen LogP contribution in [-0.2, 0) is 10.0 Å². The topological polar surface area (TPSA) is 75.4 Å². The van der Waals surface area contributed by atoms with Crippen LogP contribution in [0.1, 0.15) is 19.8 Å². The van der Waals surface area contributed by atoms with Crippen LogP contribution in [0.3, 0.4) is 0 Å². The fourth-order valence-electron chi connectivity index (χ4n) is 2.55. The molecule has 5 nitrogen and oxygen atoms in total. The maximum Gasteiger partial charge on any atom is 0.246 e. The molecule has 2 rings (SSSR count). The van der Waals surface area contributed by atoms with Crippen LogP contribution in [0.5, 0.6) is 0 Å². The molecule has 0 spiro atoms. The van der Waals surface area contributed by atoms with Crippen molar-refractivity contribution in [2.75, 3.05) is 25.4 Å². The van der Waals surface area contributed by atoms with E-state index in [1.54, 1.807) is 0 Å². The van der Waals surface area contributed by atoms with Gasteiger partial charge in [0.25, 0.3) is 0 Å². The van der Waals surface area contributed by atoms with E-state index < -0.39 is 26.6 Å². The Morgan fingerprint density at radius 3 is 2.57 bits per heavy atom. The highest BCUT2D eigenvalue weighted by molar-refractivity contribution is 7.89. The van der Waals surface area contributed by atoms with E-state index in [9.17, 15) is 17.2 Å². The summed E-state index contributed by atoms with van der Waals surface area (Å²) in [4.78, 5) is 1.12. The van der Waals surface area contributed by atoms with E-state index in [0.29, 0.717) is 13.0 Å². The summed E-state index contributed by atoms with van der Waals surface area (Å²) in [5.41, 5.74) is 5.14. The number of likely N-dealkylation sites (N-methyl/N-ethyl adjacent to an activating group) is 1. The Morgan fingerprint density at radius 1 is 1.38 bits per heavy atom. The van der Waals surface area contributed by atoms with Crippen LogP contribution in [0.4, 0.5) is 14.5 Å². The number of likely N-dealkylation sites (tertiary alicyclic amines) is 1. The molecule has 1 unspecified atom stereocenters. The molecule has 0 saturated carbocycles. The van der Waals surface area contributed by atoms with Crippen molar-refractivity contribution in [3.63, 3.8) is 0 Å². The van der Waals surface area contributed by atoms with Crippen LogP contribution >= 0.6 is 0 Å². The number of nitrogens with two attached hydrogens (primary N) is 1. The Kier molecular flexibility index (Phi) is 4.80. The van der Waals surface area contributed by atoms with E-state index >= 15 is 0 Å². The van der Waals surface area contributed by atoms with Crippen LogP contribution < -0.4 is 10.5 Å². The van der Waals surface area contributed by atoms with Gasteiger partial charge < -0.3 is 10.6 Å². The smallest absolute Gasteiger partial charge is 0.246 e. The highest BCUT2D eigenvalue weighted by Gasteiger charge is 2.29. The number of nitrogen functional groups attached to an aromatic ring is 1. The number of hydrogen-bond donors (Lipinski definition) is 2. The second-order valence-electron chi connectivity index (χ2n) is 5.17. The number of benzene rings is 1. The summed E-state index contributed by atoms with van der Waals surface area (Å²) in [5.74, 6) is -2.36. The molecule has 1 atom stereocenters. The Labute approximate surface area is 123 Å². The van der Waals surface area contributed by atoms with Gasteiger partial charge in [0.2, 0.25) is 10.0 Å². The van der Waals surface area contributed by atoms with Crippen molar-refractivity contribution in [1.29, 1.82) is 0 Å². The molecule has 0 radical (unpaired) electrons. The summed E-state index contributed by atoms with van der Waals surface area (Å²) < 4.78 is 54.3. The molecule has 3 N–H and O–H groups in total. The van der Waals surface area contributed by atoms with E-state index in [2.05, 4.69) is 9.62 Å². The number of nitrogens with one attached hydrogen (secondary N) is 1. The molecule has 1 aliphatic rings. The monoisotopic (exact) mass is 319 g/mol. The molecule has 0 bridgehead atoms. The Hall–Kier alpha value is -1.25. The highest BCUT2D eigenvalue weighted by Crippen LogP contribution is 2.22. The van der Waals surface area contributed by atoms with Gasteiger partial charge in [-0.05, 0) is 38.1 Å². The van der Waals surface area contributed by atoms with Gasteiger partial charge in [0, 0.05) is 18.3 Å². The van der Waals surface area contributed by atoms with E-state index in [-0.39, 0.29) is 11.7 Å². The third-order valence-electron chi connectivity index (χ3n) is 3.56. The van der Waals surface area contributed by atoms with E-state index in [1.807, 2.05) is 6.92 Å². The van der Waals surface area contributed by atoms with E-state index in [1.165, 1.54) is 0 Å². The zero-order chi connectivity index (χ0) is 15.6. The average molecular weight is 319 g/mol. The fraction of sp³-hybridized carbons (Fsp3) is 0.538. The van der Waals surface area contributed by atoms with Crippen molar-refractivity contribution in [2.45, 2.75) is 30.7 Å². The number of anilines is 1. The first-order chi connectivity index (χ1) is 9.83. The van der Waals surface area contributed by atoms with Gasteiger partial charge >= 0.3 is 0 Å². The zero-order valence-electron chi connectivity index (χ0n) is 11.8. The van der Waals surface area contributed by atoms with Crippen LogP contribution in [0.15, 0.2) is 17.0 Å². The number of sulfonamides is 1. The van der Waals surface area contributed by atoms with Gasteiger partial charge in [0.1, 0.15) is 11.6 Å². The summed E-state index contributed by atoms with van der Waals surface area (Å²) in [6, 6.07) is 1.26. The maximum atomic E-state index is 13.8. The van der Waals surface area contributed by atoms with Crippen LogP contribution in [0.2, 0.25) is 0 Å². The molecule has 8 heteroatoms. The predicted octanol–water partition coefficient (Wildman–Crippen LogP) is 1.31. The maximum absolute atomic E-state index is 13.8. The normalized spacial score (nSPS) is 20.6. The van der Waals surface area contributed by atoms with E-state index in [0.717, 1.165) is 31.6 Å². The minimum Gasteiger partial charge on any atom is -0.399 e. The zero-order valence-corrected chi connectivity index (χ0v) is 12.6. The molecule has 1 aliphatic heterocycles. The third-order valence-corrected chi connectivity index (χ3v) is 5.13. The molecule has 0 amide bonds. The Balaban J connectivity index is 2.23. The van der Waals surface area contributed by atoms with Crippen molar-refractivity contribution in [2.24, 2.45) is 0 Å². The van der Waals surface area contributed by atoms with Gasteiger partial charge in [0.15, 0.2) is 4.90 Å². The second kappa shape index (κ2) is 6.25. The SMILES string of the molecule is CCN1CCCC(NS(=O)(=O)c2c(F)cc(N)cc2F)C1. The molecule has 1 fully saturated rings. The number of piperidine rings is 1. The van der Waals surface area contributed by atoms with Gasteiger partial charge in [-0.2, -0.15) is 0 Å². The van der Waals surface area contributed by atoms with Crippen molar-refractivity contribution in [3.8, 4) is 0 Å². The minimum atomic E-state index is -4.25. The molecule has 1 heterocycles. The van der Waals surface area contributed by atoms with Crippen molar-refractivity contribution < 1.29 is 17.2 Å². The van der Waals surface area contributed by atoms with Crippen LogP contribution in [0.25, 0.3) is 0 Å². The Bertz CT molecular complexity index is 599. The summed E-state index contributed by atoms with van der Waals surface area (Å²) in [6.45, 7) is 4.23. The summed E-state index contributed by atoms with van der Waals surface area (Å²) >= 11 is 0. The lowest BCUT2D eigenvalue weighted by Crippen LogP contribution is -2.47. The fourth-order valence-corrected chi connectivity index (χ4v) is 3.93. The van der Waals surface area contributed by atoms with Crippen molar-refractivity contribution >= 4 is 15.7 Å². The average Bonchev–Trinajstić information content (AvgIpc) is 2.36. The quantitative estimate of drug-likeness (QED) is 0.821. The standard InChI is InChI=1S/C13H19F2N3O2S/c1-2-18-5-3-4-10(8-18)17-21(19,20)13-11(14)6-9(16)7-12(13)15/h6-7,10,17H,2-5,8,16H2,1H3. The first-order valence-corrected chi connectivity index (χ1v) is 8.31. The second-order valence-corrected chi connectivity index (χ2v) is 6.82. The molecule has 118 valence electrons. The van der Waals surface area contributed by atoms with Gasteiger partial charge in [-0.15, -0.1) is 0 Å². The van der Waals surface area contributed by atoms with Gasteiger partial charge in [-0.3, -0.25) is 0 Å². The lowest BCUT2D eigenvalue weighted by Gasteiger charge is -2.32. The van der Waals surface area contributed by atoms with Crippen LogP contribution in [-0.4, -0.2) is 39.0 Å². The van der Waals surface area contributed by atoms with Crippen LogP contribution in [0, 0.1) is 11.6 Å². The first kappa shape index (κ1) is 16.1. The molecule has 21 heavy (non-hydrogen) atoms. The molecule has 1 saturated heterocycles. The highest BCUT2D eigenvalue weighted by atomic mass is 32.2. The number of halogens is 2. The predicted molar refractivity (Wildman–Crippen MR) is 76.2 cm³/mol. The molecular formula is C13H19F2N3O2S. The van der Waals surface area contributed by atoms with Gasteiger partial charge in [0.05, 0.1) is 0 Å². The van der Waals surface area contributed by atoms with Crippen molar-refractivity contribution in [1.82, 2.24) is 9.62 Å². The largest absolute Gasteiger partial charge is 0.399 e. The molecule has 0 aliphatic carbocycles. The molecule has 1 aromatic rings. The Morgan fingerprint density at radius 2 is 2.00 bits per heavy atom. The molecule has 1 aromatic carbocycles. The van der Waals surface area contributed by atoms with Gasteiger partial charge in [-0.1, -0.05) is 6.92 Å². The number of nitrogens with zero attached hydrogens (tertiary/aromatic N) is 1. The molecule has 0 aromatic heterocycles. The number of hydrogen-bond acceptors (Lipinski definition) is 4. The van der Waals surface area contributed by atoms with Crippen molar-refractivity contribution in [3.05, 3.63) is 23.8 Å². The van der Waals surface area contributed by atoms with E-state index in [4.69, 9.17) is 5.73 Å². The molecular weight excluding hydrogens is 300 g/mol. The minimum absolute atomic E-state index is 0.154.